The molecule has 8 nitrogen and oxygen atoms in total. The lowest BCUT2D eigenvalue weighted by Gasteiger charge is -2.35. The van der Waals surface area contributed by atoms with Crippen molar-refractivity contribution in [2.75, 3.05) is 36.8 Å². The van der Waals surface area contributed by atoms with Gasteiger partial charge in [0.1, 0.15) is 5.82 Å². The van der Waals surface area contributed by atoms with E-state index in [-0.39, 0.29) is 5.56 Å². The highest BCUT2D eigenvalue weighted by Gasteiger charge is 2.19. The normalized spacial score (nSPS) is 14.8. The molecule has 0 atom stereocenters. The first-order chi connectivity index (χ1) is 16.7. The summed E-state index contributed by atoms with van der Waals surface area (Å²) in [5.41, 5.74) is 11.2. The molecular weight excluding hydrogens is 426 g/mol. The van der Waals surface area contributed by atoms with E-state index in [1.807, 2.05) is 48.7 Å². The van der Waals surface area contributed by atoms with Crippen LogP contribution in [0.2, 0.25) is 0 Å². The van der Waals surface area contributed by atoms with Crippen molar-refractivity contribution < 1.29 is 0 Å². The molecule has 34 heavy (non-hydrogen) atoms. The number of hydrogen-bond donors (Lipinski definition) is 3. The van der Waals surface area contributed by atoms with Crippen molar-refractivity contribution in [2.45, 2.75) is 6.54 Å². The molecule has 8 heteroatoms. The molecular formula is C26H25N7O. The molecule has 1 aliphatic rings. The van der Waals surface area contributed by atoms with Crippen LogP contribution in [0.1, 0.15) is 5.56 Å². The van der Waals surface area contributed by atoms with Crippen molar-refractivity contribution in [1.29, 1.82) is 0 Å². The summed E-state index contributed by atoms with van der Waals surface area (Å²) < 4.78 is 0. The van der Waals surface area contributed by atoms with Crippen LogP contribution in [-0.4, -0.2) is 51.0 Å². The predicted octanol–water partition coefficient (Wildman–Crippen LogP) is 3.37. The molecule has 2 aromatic carbocycles. The number of nitrogen functional groups attached to an aromatic ring is 1. The first-order valence-electron chi connectivity index (χ1n) is 11.4. The fraction of sp³-hybridized carbons (Fsp3) is 0.192. The number of anilines is 2. The van der Waals surface area contributed by atoms with E-state index in [4.69, 9.17) is 5.73 Å². The van der Waals surface area contributed by atoms with Gasteiger partial charge in [0.15, 0.2) is 5.69 Å². The zero-order valence-corrected chi connectivity index (χ0v) is 18.7. The standard InChI is InChI=1S/C26H25N7O/c27-23-18-15-17(16-32-11-13-33(14-12-32)22-7-3-4-10-28-22)8-9-19(18)29-24(23)25-26(34)31-21-6-2-1-5-20(21)30-25/h1-10,15,29H,11-14,16,27H2,(H,31,34). The van der Waals surface area contributed by atoms with Crippen molar-refractivity contribution in [1.82, 2.24) is 24.8 Å². The molecule has 0 unspecified atom stereocenters. The minimum atomic E-state index is -0.261. The average molecular weight is 452 g/mol. The molecule has 4 heterocycles. The number of pyridine rings is 1. The van der Waals surface area contributed by atoms with E-state index in [1.54, 1.807) is 0 Å². The number of para-hydroxylation sites is 2. The minimum Gasteiger partial charge on any atom is -0.396 e. The summed E-state index contributed by atoms with van der Waals surface area (Å²) >= 11 is 0. The van der Waals surface area contributed by atoms with Gasteiger partial charge in [0, 0.05) is 49.8 Å². The number of nitrogens with one attached hydrogen (secondary N) is 2. The second-order valence-electron chi connectivity index (χ2n) is 8.68. The average Bonchev–Trinajstić information content (AvgIpc) is 3.20. The number of nitrogens with two attached hydrogens (primary N) is 1. The zero-order chi connectivity index (χ0) is 23.1. The Labute approximate surface area is 196 Å². The third kappa shape index (κ3) is 3.68. The molecule has 4 N–H and O–H groups in total. The largest absolute Gasteiger partial charge is 0.396 e. The summed E-state index contributed by atoms with van der Waals surface area (Å²) in [6.07, 6.45) is 1.84. The predicted molar refractivity (Wildman–Crippen MR) is 136 cm³/mol. The molecule has 0 bridgehead atoms. The molecule has 3 aromatic heterocycles. The van der Waals surface area contributed by atoms with Gasteiger partial charge in [0.2, 0.25) is 0 Å². The molecule has 0 spiro atoms. The number of H-pyrrole nitrogens is 2. The molecule has 0 aliphatic carbocycles. The molecule has 170 valence electrons. The van der Waals surface area contributed by atoms with E-state index in [1.165, 1.54) is 5.56 Å². The Hall–Kier alpha value is -4.17. The Balaban J connectivity index is 1.24. The van der Waals surface area contributed by atoms with Gasteiger partial charge in [-0.25, -0.2) is 9.97 Å². The number of aromatic nitrogens is 4. The molecule has 6 rings (SSSR count). The quantitative estimate of drug-likeness (QED) is 0.387. The first kappa shape index (κ1) is 20.4. The topological polar surface area (TPSA) is 107 Å². The molecule has 0 saturated carbocycles. The van der Waals surface area contributed by atoms with Crippen LogP contribution in [0, 0.1) is 0 Å². The Morgan fingerprint density at radius 3 is 2.56 bits per heavy atom. The van der Waals surface area contributed by atoms with Gasteiger partial charge in [-0.15, -0.1) is 0 Å². The van der Waals surface area contributed by atoms with Crippen LogP contribution in [0.5, 0.6) is 0 Å². The third-order valence-corrected chi connectivity index (χ3v) is 6.49. The van der Waals surface area contributed by atoms with Crippen molar-refractivity contribution in [3.63, 3.8) is 0 Å². The number of fused-ring (bicyclic) bond motifs is 2. The molecule has 5 aromatic rings. The Morgan fingerprint density at radius 2 is 1.74 bits per heavy atom. The van der Waals surface area contributed by atoms with Crippen LogP contribution < -0.4 is 16.2 Å². The summed E-state index contributed by atoms with van der Waals surface area (Å²) in [7, 11) is 0. The summed E-state index contributed by atoms with van der Waals surface area (Å²) in [4.78, 5) is 32.7. The fourth-order valence-electron chi connectivity index (χ4n) is 4.68. The highest BCUT2D eigenvalue weighted by molar-refractivity contribution is 6.00. The maximum Gasteiger partial charge on any atom is 0.276 e. The van der Waals surface area contributed by atoms with Crippen molar-refractivity contribution in [3.05, 3.63) is 82.8 Å². The van der Waals surface area contributed by atoms with E-state index in [9.17, 15) is 4.79 Å². The molecule has 1 aliphatic heterocycles. The van der Waals surface area contributed by atoms with Crippen LogP contribution in [0.4, 0.5) is 11.5 Å². The summed E-state index contributed by atoms with van der Waals surface area (Å²) in [5.74, 6) is 1.04. The lowest BCUT2D eigenvalue weighted by molar-refractivity contribution is 0.249. The molecule has 1 saturated heterocycles. The first-order valence-corrected chi connectivity index (χ1v) is 11.4. The van der Waals surface area contributed by atoms with Gasteiger partial charge < -0.3 is 20.6 Å². The van der Waals surface area contributed by atoms with Gasteiger partial charge in [0.05, 0.1) is 22.4 Å². The maximum atomic E-state index is 12.7. The Morgan fingerprint density at radius 1 is 0.912 bits per heavy atom. The van der Waals surface area contributed by atoms with Crippen LogP contribution in [-0.2, 0) is 6.54 Å². The second kappa shape index (κ2) is 8.31. The monoisotopic (exact) mass is 451 g/mol. The fourth-order valence-corrected chi connectivity index (χ4v) is 4.68. The summed E-state index contributed by atoms with van der Waals surface area (Å²) in [5, 5.41) is 0.911. The van der Waals surface area contributed by atoms with Crippen molar-refractivity contribution in [3.8, 4) is 11.4 Å². The number of piperazine rings is 1. The Kier molecular flexibility index (Phi) is 5.00. The number of benzene rings is 2. The van der Waals surface area contributed by atoms with E-state index >= 15 is 0 Å². The van der Waals surface area contributed by atoms with E-state index in [0.29, 0.717) is 22.6 Å². The Bertz CT molecular complexity index is 1530. The van der Waals surface area contributed by atoms with E-state index in [0.717, 1.165) is 55.0 Å². The maximum absolute atomic E-state index is 12.7. The van der Waals surface area contributed by atoms with Gasteiger partial charge in [-0.3, -0.25) is 9.69 Å². The van der Waals surface area contributed by atoms with E-state index < -0.39 is 0 Å². The van der Waals surface area contributed by atoms with Gasteiger partial charge in [-0.05, 0) is 42.0 Å². The number of hydrogen-bond acceptors (Lipinski definition) is 6. The summed E-state index contributed by atoms with van der Waals surface area (Å²) in [6, 6.07) is 19.8. The molecule has 0 amide bonds. The molecule has 1 fully saturated rings. The van der Waals surface area contributed by atoms with Gasteiger partial charge >= 0.3 is 0 Å². The van der Waals surface area contributed by atoms with Crippen LogP contribution in [0.15, 0.2) is 71.7 Å². The zero-order valence-electron chi connectivity index (χ0n) is 18.7. The highest BCUT2D eigenvalue weighted by atomic mass is 16.1. The highest BCUT2D eigenvalue weighted by Crippen LogP contribution is 2.31. The van der Waals surface area contributed by atoms with E-state index in [2.05, 4.69) is 47.9 Å². The smallest absolute Gasteiger partial charge is 0.276 e. The van der Waals surface area contributed by atoms with Crippen LogP contribution in [0.3, 0.4) is 0 Å². The van der Waals surface area contributed by atoms with Gasteiger partial charge in [0.25, 0.3) is 5.56 Å². The number of aromatic amines is 2. The number of rotatable bonds is 4. The second-order valence-corrected chi connectivity index (χ2v) is 8.68. The lowest BCUT2D eigenvalue weighted by atomic mass is 10.1. The molecule has 0 radical (unpaired) electrons. The minimum absolute atomic E-state index is 0.261. The number of nitrogens with zero attached hydrogens (tertiary/aromatic N) is 4. The lowest BCUT2D eigenvalue weighted by Crippen LogP contribution is -2.46. The van der Waals surface area contributed by atoms with Gasteiger partial charge in [-0.2, -0.15) is 0 Å². The van der Waals surface area contributed by atoms with Crippen molar-refractivity contribution >= 4 is 33.4 Å². The van der Waals surface area contributed by atoms with Crippen molar-refractivity contribution in [2.24, 2.45) is 0 Å². The van der Waals surface area contributed by atoms with Gasteiger partial charge in [-0.1, -0.05) is 24.3 Å². The summed E-state index contributed by atoms with van der Waals surface area (Å²) in [6.45, 7) is 4.69. The van der Waals surface area contributed by atoms with Crippen LogP contribution in [0.25, 0.3) is 33.3 Å². The SMILES string of the molecule is Nc1c(-c2nc3ccccc3[nH]c2=O)[nH]c2ccc(CN3CCN(c4ccccn4)CC3)cc12. The van der Waals surface area contributed by atoms with Crippen LogP contribution >= 0.6 is 0 Å². The third-order valence-electron chi connectivity index (χ3n) is 6.49.